The van der Waals surface area contributed by atoms with E-state index in [0.717, 1.165) is 36.2 Å². The van der Waals surface area contributed by atoms with Gasteiger partial charge in [0.05, 0.1) is 16.8 Å². The minimum atomic E-state index is -0.745. The average Bonchev–Trinajstić information content (AvgIpc) is 2.85. The number of fused-ring (bicyclic) bond motifs is 1. The Kier molecular flexibility index (Phi) is 5.88. The molecule has 0 saturated heterocycles. The van der Waals surface area contributed by atoms with E-state index in [1.807, 2.05) is 42.5 Å². The van der Waals surface area contributed by atoms with Crippen LogP contribution in [0.1, 0.15) is 23.2 Å². The van der Waals surface area contributed by atoms with Crippen LogP contribution in [0, 0.1) is 12.7 Å². The first-order chi connectivity index (χ1) is 16.5. The summed E-state index contributed by atoms with van der Waals surface area (Å²) in [6, 6.07) is 20.2. The van der Waals surface area contributed by atoms with Crippen LogP contribution >= 0.6 is 0 Å². The van der Waals surface area contributed by atoms with Crippen molar-refractivity contribution in [3.8, 4) is 28.3 Å². The molecule has 1 aromatic heterocycles. The van der Waals surface area contributed by atoms with E-state index in [9.17, 15) is 14.3 Å². The molecule has 1 aliphatic heterocycles. The molecule has 0 bridgehead atoms. The van der Waals surface area contributed by atoms with Crippen LogP contribution in [0.25, 0.3) is 22.5 Å². The maximum atomic E-state index is 14.2. The minimum absolute atomic E-state index is 0.203. The zero-order chi connectivity index (χ0) is 23.7. The SMILES string of the molecule is Cc1nc(-c2cccc(F)c2O)n(CCc2ccccc2)c(=O)c1-c1ccc2c(c1)CCCN2. The zero-order valence-corrected chi connectivity index (χ0v) is 19.0. The number of para-hydroxylation sites is 1. The fourth-order valence-corrected chi connectivity index (χ4v) is 4.62. The Morgan fingerprint density at radius 2 is 1.91 bits per heavy atom. The number of rotatable bonds is 5. The van der Waals surface area contributed by atoms with Crippen molar-refractivity contribution in [2.75, 3.05) is 11.9 Å². The highest BCUT2D eigenvalue weighted by molar-refractivity contribution is 5.72. The van der Waals surface area contributed by atoms with Crippen molar-refractivity contribution >= 4 is 5.69 Å². The molecule has 0 spiro atoms. The van der Waals surface area contributed by atoms with Crippen LogP contribution in [0.5, 0.6) is 5.75 Å². The molecule has 2 heterocycles. The van der Waals surface area contributed by atoms with Crippen molar-refractivity contribution in [2.45, 2.75) is 32.7 Å². The van der Waals surface area contributed by atoms with Gasteiger partial charge >= 0.3 is 0 Å². The van der Waals surface area contributed by atoms with Crippen molar-refractivity contribution in [2.24, 2.45) is 0 Å². The zero-order valence-electron chi connectivity index (χ0n) is 19.0. The van der Waals surface area contributed by atoms with E-state index in [-0.39, 0.29) is 16.9 Å². The topological polar surface area (TPSA) is 67.2 Å². The largest absolute Gasteiger partial charge is 0.504 e. The van der Waals surface area contributed by atoms with Crippen molar-refractivity contribution in [1.82, 2.24) is 9.55 Å². The highest BCUT2D eigenvalue weighted by Crippen LogP contribution is 2.32. The highest BCUT2D eigenvalue weighted by Gasteiger charge is 2.21. The second-order valence-corrected chi connectivity index (χ2v) is 8.63. The van der Waals surface area contributed by atoms with Gasteiger partial charge in [0.15, 0.2) is 11.6 Å². The lowest BCUT2D eigenvalue weighted by atomic mass is 9.97. The van der Waals surface area contributed by atoms with E-state index < -0.39 is 11.6 Å². The van der Waals surface area contributed by atoms with Crippen molar-refractivity contribution < 1.29 is 9.50 Å². The molecular weight excluding hydrogens is 429 g/mol. The van der Waals surface area contributed by atoms with Gasteiger partial charge in [-0.15, -0.1) is 0 Å². The highest BCUT2D eigenvalue weighted by atomic mass is 19.1. The van der Waals surface area contributed by atoms with Crippen LogP contribution in [0.3, 0.4) is 0 Å². The predicted molar refractivity (Wildman–Crippen MR) is 133 cm³/mol. The molecule has 172 valence electrons. The summed E-state index contributed by atoms with van der Waals surface area (Å²) in [5, 5.41) is 13.8. The smallest absolute Gasteiger partial charge is 0.261 e. The van der Waals surface area contributed by atoms with E-state index in [1.165, 1.54) is 17.7 Å². The third-order valence-corrected chi connectivity index (χ3v) is 6.38. The van der Waals surface area contributed by atoms with E-state index in [0.29, 0.717) is 24.2 Å². The summed E-state index contributed by atoms with van der Waals surface area (Å²) >= 11 is 0. The quantitative estimate of drug-likeness (QED) is 0.427. The second kappa shape index (κ2) is 9.14. The number of anilines is 1. The molecule has 0 fully saturated rings. The normalized spacial score (nSPS) is 12.8. The van der Waals surface area contributed by atoms with Crippen molar-refractivity contribution in [1.29, 1.82) is 0 Å². The summed E-state index contributed by atoms with van der Waals surface area (Å²) in [7, 11) is 0. The first-order valence-corrected chi connectivity index (χ1v) is 11.5. The number of nitrogens with one attached hydrogen (secondary N) is 1. The summed E-state index contributed by atoms with van der Waals surface area (Å²) in [4.78, 5) is 18.6. The number of benzene rings is 3. The Balaban J connectivity index is 1.67. The second-order valence-electron chi connectivity index (χ2n) is 8.63. The molecule has 2 N–H and O–H groups in total. The average molecular weight is 456 g/mol. The lowest BCUT2D eigenvalue weighted by Gasteiger charge is -2.20. The van der Waals surface area contributed by atoms with Crippen molar-refractivity contribution in [3.05, 3.63) is 99.7 Å². The summed E-state index contributed by atoms with van der Waals surface area (Å²) in [6.45, 7) is 3.09. The van der Waals surface area contributed by atoms with E-state index in [2.05, 4.69) is 11.4 Å². The monoisotopic (exact) mass is 455 g/mol. The molecule has 3 aromatic carbocycles. The molecule has 0 atom stereocenters. The fraction of sp³-hybridized carbons (Fsp3) is 0.214. The van der Waals surface area contributed by atoms with E-state index in [1.54, 1.807) is 17.6 Å². The molecule has 5 nitrogen and oxygen atoms in total. The van der Waals surface area contributed by atoms with Gasteiger partial charge < -0.3 is 10.4 Å². The minimum Gasteiger partial charge on any atom is -0.504 e. The molecule has 0 unspecified atom stereocenters. The maximum absolute atomic E-state index is 14.2. The molecule has 0 radical (unpaired) electrons. The third-order valence-electron chi connectivity index (χ3n) is 6.38. The summed E-state index contributed by atoms with van der Waals surface area (Å²) in [5.41, 5.74) is 5.26. The summed E-state index contributed by atoms with van der Waals surface area (Å²) in [5.74, 6) is -0.987. The molecule has 1 aliphatic rings. The van der Waals surface area contributed by atoms with Crippen LogP contribution in [-0.4, -0.2) is 21.2 Å². The number of aromatic hydroxyl groups is 1. The fourth-order valence-electron chi connectivity index (χ4n) is 4.62. The Morgan fingerprint density at radius 1 is 1.09 bits per heavy atom. The molecule has 5 rings (SSSR count). The van der Waals surface area contributed by atoms with Gasteiger partial charge in [0.2, 0.25) is 0 Å². The van der Waals surface area contributed by atoms with Gasteiger partial charge in [-0.25, -0.2) is 9.37 Å². The summed E-state index contributed by atoms with van der Waals surface area (Å²) in [6.07, 6.45) is 2.61. The lowest BCUT2D eigenvalue weighted by Crippen LogP contribution is -2.27. The molecule has 6 heteroatoms. The molecular formula is C28H26FN3O2. The van der Waals surface area contributed by atoms with Crippen LogP contribution in [0.2, 0.25) is 0 Å². The van der Waals surface area contributed by atoms with E-state index >= 15 is 0 Å². The molecule has 34 heavy (non-hydrogen) atoms. The molecule has 0 saturated carbocycles. The number of aryl methyl sites for hydroxylation is 3. The Hall–Kier alpha value is -3.93. The number of phenols is 1. The standard InChI is InChI=1S/C28H26FN3O2/c1-18-25(21-12-13-24-20(17-21)9-6-15-30-24)28(34)32(16-14-19-7-3-2-4-8-19)27(31-18)22-10-5-11-23(29)26(22)33/h2-5,7-8,10-13,17,30,33H,6,9,14-16H2,1H3. The number of phenolic OH excluding ortho intramolecular Hbond substituents is 1. The molecule has 0 amide bonds. The van der Waals surface area contributed by atoms with Gasteiger partial charge in [-0.2, -0.15) is 0 Å². The summed E-state index contributed by atoms with van der Waals surface area (Å²) < 4.78 is 15.7. The predicted octanol–water partition coefficient (Wildman–Crippen LogP) is 5.33. The van der Waals surface area contributed by atoms with Crippen LogP contribution in [0.15, 0.2) is 71.5 Å². The van der Waals surface area contributed by atoms with Crippen LogP contribution in [0.4, 0.5) is 10.1 Å². The van der Waals surface area contributed by atoms with Crippen LogP contribution in [-0.2, 0) is 19.4 Å². The maximum Gasteiger partial charge on any atom is 0.261 e. The first-order valence-electron chi connectivity index (χ1n) is 11.5. The van der Waals surface area contributed by atoms with Crippen LogP contribution < -0.4 is 10.9 Å². The van der Waals surface area contributed by atoms with Gasteiger partial charge in [-0.3, -0.25) is 9.36 Å². The third kappa shape index (κ3) is 4.07. The molecule has 4 aromatic rings. The number of hydrogen-bond donors (Lipinski definition) is 2. The van der Waals surface area contributed by atoms with E-state index in [4.69, 9.17) is 4.98 Å². The first kappa shape index (κ1) is 21.9. The number of nitrogens with zero attached hydrogens (tertiary/aromatic N) is 2. The lowest BCUT2D eigenvalue weighted by molar-refractivity contribution is 0.433. The number of hydrogen-bond acceptors (Lipinski definition) is 4. The van der Waals surface area contributed by atoms with Gasteiger partial charge in [-0.1, -0.05) is 42.5 Å². The Morgan fingerprint density at radius 3 is 2.74 bits per heavy atom. The van der Waals surface area contributed by atoms with Gasteiger partial charge in [0.25, 0.3) is 5.56 Å². The molecule has 0 aliphatic carbocycles. The Labute approximate surface area is 197 Å². The Bertz CT molecular complexity index is 1410. The van der Waals surface area contributed by atoms with Gasteiger partial charge in [0.1, 0.15) is 5.82 Å². The van der Waals surface area contributed by atoms with Crippen molar-refractivity contribution in [3.63, 3.8) is 0 Å². The van der Waals surface area contributed by atoms with Gasteiger partial charge in [0, 0.05) is 18.8 Å². The number of halogens is 1. The van der Waals surface area contributed by atoms with Gasteiger partial charge in [-0.05, 0) is 67.1 Å². The number of aromatic nitrogens is 2.